The second kappa shape index (κ2) is 17.4. The van der Waals surface area contributed by atoms with Crippen molar-refractivity contribution in [1.82, 2.24) is 9.88 Å². The summed E-state index contributed by atoms with van der Waals surface area (Å²) >= 11 is 0. The highest BCUT2D eigenvalue weighted by Crippen LogP contribution is 2.45. The van der Waals surface area contributed by atoms with Gasteiger partial charge in [0.1, 0.15) is 23.9 Å². The van der Waals surface area contributed by atoms with Crippen molar-refractivity contribution in [2.45, 2.75) is 157 Å². The van der Waals surface area contributed by atoms with Gasteiger partial charge in [0.05, 0.1) is 23.8 Å². The van der Waals surface area contributed by atoms with Crippen molar-refractivity contribution in [3.63, 3.8) is 0 Å². The van der Waals surface area contributed by atoms with E-state index in [1.54, 1.807) is 18.7 Å². The summed E-state index contributed by atoms with van der Waals surface area (Å²) < 4.78 is 25.2. The van der Waals surface area contributed by atoms with E-state index >= 15 is 0 Å². The molecule has 1 aromatic heterocycles. The van der Waals surface area contributed by atoms with Crippen LogP contribution in [0.3, 0.4) is 0 Å². The summed E-state index contributed by atoms with van der Waals surface area (Å²) in [6.07, 6.45) is 1.41. The van der Waals surface area contributed by atoms with Crippen LogP contribution in [0.4, 0.5) is 4.79 Å². The van der Waals surface area contributed by atoms with E-state index in [-0.39, 0.29) is 23.6 Å². The smallest absolute Gasteiger partial charge is 0.410 e. The first-order valence-corrected chi connectivity index (χ1v) is 20.6. The predicted octanol–water partition coefficient (Wildman–Crippen LogP) is 7.48. The molecule has 5 rings (SSSR count). The molecule has 11 heteroatoms. The number of aryl methyl sites for hydroxylation is 1. The maximum Gasteiger partial charge on any atom is 0.410 e. The zero-order valence-electron chi connectivity index (χ0n) is 34.6. The molecule has 0 spiro atoms. The summed E-state index contributed by atoms with van der Waals surface area (Å²) in [6, 6.07) is 9.36. The normalized spacial score (nSPS) is 36.3. The Balaban J connectivity index is 1.47. The molecule has 1 N–H and O–H groups in total. The third-order valence-corrected chi connectivity index (χ3v) is 12.8. The lowest BCUT2D eigenvalue weighted by molar-refractivity contribution is -0.284. The van der Waals surface area contributed by atoms with Gasteiger partial charge < -0.3 is 29.0 Å². The number of cyclic esters (lactones) is 1. The average molecular weight is 765 g/mol. The summed E-state index contributed by atoms with van der Waals surface area (Å²) in [4.78, 5) is 63.0. The molecule has 1 aromatic carbocycles. The number of Topliss-reactive ketones (excluding diaryl/α,β-unsaturated/α-hetero) is 2. The van der Waals surface area contributed by atoms with Crippen LogP contribution in [-0.4, -0.2) is 87.5 Å². The van der Waals surface area contributed by atoms with Crippen molar-refractivity contribution < 1.29 is 43.2 Å². The van der Waals surface area contributed by atoms with E-state index in [0.29, 0.717) is 38.6 Å². The van der Waals surface area contributed by atoms with Gasteiger partial charge in [-0.2, -0.15) is 0 Å². The highest BCUT2D eigenvalue weighted by molar-refractivity contribution is 6.00. The molecule has 55 heavy (non-hydrogen) atoms. The first kappa shape index (κ1) is 42.7. The number of rotatable bonds is 9. The largest absolute Gasteiger partial charge is 0.457 e. The fraction of sp³-hybridized carbons (Fsp3) is 0.705. The Labute approximate surface area is 327 Å². The number of aliphatic hydroxyl groups is 1. The number of fused-ring (bicyclic) bond motifs is 2. The SMILES string of the molecule is CC[C@H]1OC(=O)[C@H](C)C(=O)[C@H](C)[C@@H](O[C@@H]2O[C@H](C)C[C@H](C)[C@H]2O)C(C)(C)C[C@@H](C)C(=O)[C@H](C)[C@H]2N(CCCCc3ccnc4ccccc34)C(=O)O[C@]12CC. The van der Waals surface area contributed by atoms with E-state index in [9.17, 15) is 24.3 Å². The van der Waals surface area contributed by atoms with Gasteiger partial charge in [-0.3, -0.25) is 19.4 Å². The van der Waals surface area contributed by atoms with E-state index in [0.717, 1.165) is 23.7 Å². The second-order valence-corrected chi connectivity index (χ2v) is 17.4. The summed E-state index contributed by atoms with van der Waals surface area (Å²) in [7, 11) is 0. The van der Waals surface area contributed by atoms with E-state index in [4.69, 9.17) is 18.9 Å². The molecular formula is C44H64N2O9. The lowest BCUT2D eigenvalue weighted by atomic mass is 9.68. The minimum atomic E-state index is -1.31. The standard InChI is InChI=1S/C44H64N2O9/c1-11-34-44(12-2)38(46(42(51)55-44)22-16-15-17-31-20-21-45-33-19-14-13-18-32(31)33)28(6)35(47)26(4)24-43(9,10)39(29(7)37(49)30(8)40(50)53-34)54-41-36(48)25(3)23-27(5)52-41/h13-14,18-21,25-30,34,36,38-39,41,48H,11-12,15-17,22-24H2,1-10H3/t25-,26+,27+,28-,29-,30+,34+,36+,38+,39+,41-,44+/m0/s1. The van der Waals surface area contributed by atoms with E-state index in [2.05, 4.69) is 11.1 Å². The lowest BCUT2D eigenvalue weighted by Crippen LogP contribution is -2.59. The van der Waals surface area contributed by atoms with Crippen LogP contribution in [0.2, 0.25) is 0 Å². The molecule has 3 saturated heterocycles. The second-order valence-electron chi connectivity index (χ2n) is 17.4. The van der Waals surface area contributed by atoms with Crippen LogP contribution < -0.4 is 0 Å². The Morgan fingerprint density at radius 3 is 2.35 bits per heavy atom. The summed E-state index contributed by atoms with van der Waals surface area (Å²) in [6.45, 7) is 18.9. The lowest BCUT2D eigenvalue weighted by Gasteiger charge is -2.46. The molecule has 0 bridgehead atoms. The van der Waals surface area contributed by atoms with Crippen molar-refractivity contribution in [1.29, 1.82) is 0 Å². The van der Waals surface area contributed by atoms with E-state index in [1.165, 1.54) is 5.56 Å². The van der Waals surface area contributed by atoms with Crippen molar-refractivity contribution in [3.05, 3.63) is 42.1 Å². The molecule has 1 amide bonds. The molecule has 0 radical (unpaired) electrons. The number of amides is 1. The van der Waals surface area contributed by atoms with Gasteiger partial charge in [-0.25, -0.2) is 4.79 Å². The van der Waals surface area contributed by atoms with Gasteiger partial charge in [0.15, 0.2) is 17.7 Å². The number of carbonyl (C=O) groups is 4. The fourth-order valence-corrected chi connectivity index (χ4v) is 9.89. The molecule has 3 fully saturated rings. The molecule has 304 valence electrons. The number of aromatic nitrogens is 1. The van der Waals surface area contributed by atoms with Crippen LogP contribution in [-0.2, 0) is 39.8 Å². The molecule has 11 nitrogen and oxygen atoms in total. The molecule has 2 aromatic rings. The highest BCUT2D eigenvalue weighted by atomic mass is 16.7. The van der Waals surface area contributed by atoms with Gasteiger partial charge in [0.25, 0.3) is 0 Å². The van der Waals surface area contributed by atoms with Crippen molar-refractivity contribution in [3.8, 4) is 0 Å². The third kappa shape index (κ3) is 8.64. The number of pyridine rings is 1. The third-order valence-electron chi connectivity index (χ3n) is 12.8. The van der Waals surface area contributed by atoms with Gasteiger partial charge in [-0.05, 0) is 87.8 Å². The van der Waals surface area contributed by atoms with Crippen LogP contribution in [0.5, 0.6) is 0 Å². The van der Waals surface area contributed by atoms with Crippen molar-refractivity contribution in [2.24, 2.45) is 35.0 Å². The van der Waals surface area contributed by atoms with Gasteiger partial charge in [-0.15, -0.1) is 0 Å². The number of hydrogen-bond donors (Lipinski definition) is 1. The van der Waals surface area contributed by atoms with Crippen LogP contribution in [0.25, 0.3) is 10.9 Å². The fourth-order valence-electron chi connectivity index (χ4n) is 9.89. The Morgan fingerprint density at radius 2 is 1.65 bits per heavy atom. The topological polar surface area (TPSA) is 142 Å². The number of esters is 1. The minimum absolute atomic E-state index is 0.0528. The Morgan fingerprint density at radius 1 is 0.945 bits per heavy atom. The van der Waals surface area contributed by atoms with Crippen LogP contribution >= 0.6 is 0 Å². The summed E-state index contributed by atoms with van der Waals surface area (Å²) in [5.41, 5.74) is 0.0335. The van der Waals surface area contributed by atoms with Crippen LogP contribution in [0.1, 0.15) is 113 Å². The molecule has 0 aliphatic carbocycles. The average Bonchev–Trinajstić information content (AvgIpc) is 3.45. The van der Waals surface area contributed by atoms with Gasteiger partial charge in [-0.1, -0.05) is 73.6 Å². The molecule has 0 saturated carbocycles. The summed E-state index contributed by atoms with van der Waals surface area (Å²) in [5, 5.41) is 12.2. The van der Waals surface area contributed by atoms with Crippen molar-refractivity contribution >= 4 is 34.5 Å². The number of nitrogens with zero attached hydrogens (tertiary/aromatic N) is 2. The number of ether oxygens (including phenoxy) is 4. The number of aliphatic hydroxyl groups excluding tert-OH is 1. The Hall–Kier alpha value is -3.41. The maximum absolute atomic E-state index is 14.7. The molecule has 12 atom stereocenters. The molecule has 3 aliphatic heterocycles. The first-order chi connectivity index (χ1) is 26.0. The quantitative estimate of drug-likeness (QED) is 0.155. The molecule has 0 unspecified atom stereocenters. The number of unbranched alkanes of at least 4 members (excludes halogenated alkanes) is 1. The molecular weight excluding hydrogens is 700 g/mol. The number of carbonyl (C=O) groups excluding carboxylic acids is 4. The molecule has 3 aliphatic rings. The number of hydrogen-bond acceptors (Lipinski definition) is 10. The maximum atomic E-state index is 14.7. The van der Waals surface area contributed by atoms with Crippen molar-refractivity contribution in [2.75, 3.05) is 6.54 Å². The zero-order valence-corrected chi connectivity index (χ0v) is 34.6. The highest BCUT2D eigenvalue weighted by Gasteiger charge is 2.61. The van der Waals surface area contributed by atoms with E-state index in [1.807, 2.05) is 85.9 Å². The van der Waals surface area contributed by atoms with Crippen LogP contribution in [0, 0.1) is 35.0 Å². The first-order valence-electron chi connectivity index (χ1n) is 20.6. The molecule has 4 heterocycles. The van der Waals surface area contributed by atoms with Gasteiger partial charge in [0.2, 0.25) is 0 Å². The van der Waals surface area contributed by atoms with Gasteiger partial charge >= 0.3 is 12.1 Å². The number of benzene rings is 1. The van der Waals surface area contributed by atoms with E-state index < -0.39 is 77.4 Å². The monoisotopic (exact) mass is 764 g/mol. The Bertz CT molecular complexity index is 1690. The predicted molar refractivity (Wildman–Crippen MR) is 209 cm³/mol. The number of para-hydroxylation sites is 1. The Kier molecular flexibility index (Phi) is 13.5. The zero-order chi connectivity index (χ0) is 40.4. The minimum Gasteiger partial charge on any atom is -0.457 e. The van der Waals surface area contributed by atoms with Crippen LogP contribution in [0.15, 0.2) is 36.5 Å². The summed E-state index contributed by atoms with van der Waals surface area (Å²) in [5.74, 6) is -4.35. The van der Waals surface area contributed by atoms with Gasteiger partial charge in [0, 0.05) is 35.9 Å². The number of ketones is 2.